The lowest BCUT2D eigenvalue weighted by Gasteiger charge is -2.35. The van der Waals surface area contributed by atoms with Crippen LogP contribution in [0.4, 0.5) is 0 Å². The number of benzene rings is 1. The summed E-state index contributed by atoms with van der Waals surface area (Å²) in [7, 11) is 1.71. The first-order valence-corrected chi connectivity index (χ1v) is 8.17. The Hall–Kier alpha value is -1.88. The largest absolute Gasteiger partial charge is 0.394 e. The number of aliphatic hydroxyl groups is 1. The molecule has 0 spiro atoms. The van der Waals surface area contributed by atoms with Crippen LogP contribution in [-0.4, -0.2) is 59.5 Å². The zero-order chi connectivity index (χ0) is 17.0. The second-order valence-electron chi connectivity index (χ2n) is 6.44. The monoisotopic (exact) mass is 318 g/mol. The Balaban J connectivity index is 2.04. The number of rotatable bonds is 4. The fourth-order valence-corrected chi connectivity index (χ4v) is 2.87. The van der Waals surface area contributed by atoms with E-state index in [0.717, 1.165) is 18.4 Å². The molecule has 2 rings (SSSR count). The number of carbonyl (C=O) groups is 2. The van der Waals surface area contributed by atoms with Gasteiger partial charge < -0.3 is 14.9 Å². The van der Waals surface area contributed by atoms with E-state index in [4.69, 9.17) is 0 Å². The number of hydrogen-bond acceptors (Lipinski definition) is 3. The molecule has 1 aromatic rings. The molecule has 23 heavy (non-hydrogen) atoms. The van der Waals surface area contributed by atoms with Crippen molar-refractivity contribution in [2.75, 3.05) is 26.7 Å². The summed E-state index contributed by atoms with van der Waals surface area (Å²) in [5, 5.41) is 9.21. The normalized spacial score (nSPS) is 19.3. The number of hydrogen-bond donors (Lipinski definition) is 1. The van der Waals surface area contributed by atoms with Crippen LogP contribution in [0.1, 0.15) is 35.7 Å². The zero-order valence-electron chi connectivity index (χ0n) is 14.2. The van der Waals surface area contributed by atoms with Crippen LogP contribution < -0.4 is 0 Å². The van der Waals surface area contributed by atoms with Crippen molar-refractivity contribution >= 4 is 11.8 Å². The number of nitrogens with zero attached hydrogens (tertiary/aromatic N) is 2. The van der Waals surface area contributed by atoms with Crippen LogP contribution in [0.25, 0.3) is 0 Å². The molecular formula is C18H26N2O3. The number of likely N-dealkylation sites (tertiary alicyclic amines) is 1. The van der Waals surface area contributed by atoms with Gasteiger partial charge in [-0.05, 0) is 38.8 Å². The number of amides is 2. The maximum absolute atomic E-state index is 12.6. The summed E-state index contributed by atoms with van der Waals surface area (Å²) in [6, 6.07) is 7.32. The van der Waals surface area contributed by atoms with E-state index in [9.17, 15) is 14.7 Å². The quantitative estimate of drug-likeness (QED) is 0.919. The Morgan fingerprint density at radius 3 is 2.61 bits per heavy atom. The first kappa shape index (κ1) is 17.5. The van der Waals surface area contributed by atoms with Crippen molar-refractivity contribution in [3.63, 3.8) is 0 Å². The topological polar surface area (TPSA) is 60.9 Å². The van der Waals surface area contributed by atoms with E-state index in [2.05, 4.69) is 0 Å². The van der Waals surface area contributed by atoms with Crippen molar-refractivity contribution in [2.45, 2.75) is 32.7 Å². The highest BCUT2D eigenvalue weighted by Gasteiger charge is 2.31. The van der Waals surface area contributed by atoms with Crippen LogP contribution in [0.3, 0.4) is 0 Å². The molecule has 1 saturated heterocycles. The minimum Gasteiger partial charge on any atom is -0.394 e. The summed E-state index contributed by atoms with van der Waals surface area (Å²) in [4.78, 5) is 28.5. The average Bonchev–Trinajstić information content (AvgIpc) is 2.59. The number of piperidine rings is 1. The molecule has 1 aliphatic heterocycles. The number of aliphatic hydroxyl groups excluding tert-OH is 1. The number of likely N-dealkylation sites (N-methyl/N-ethyl adjacent to an activating group) is 1. The second kappa shape index (κ2) is 7.59. The Bertz CT molecular complexity index is 556. The molecule has 5 nitrogen and oxygen atoms in total. The van der Waals surface area contributed by atoms with E-state index in [-0.39, 0.29) is 30.4 Å². The van der Waals surface area contributed by atoms with Crippen LogP contribution in [0, 0.1) is 12.8 Å². The lowest BCUT2D eigenvalue weighted by Crippen LogP contribution is -2.48. The highest BCUT2D eigenvalue weighted by Crippen LogP contribution is 2.21. The van der Waals surface area contributed by atoms with Crippen molar-refractivity contribution in [2.24, 2.45) is 5.92 Å². The highest BCUT2D eigenvalue weighted by atomic mass is 16.3. The second-order valence-corrected chi connectivity index (χ2v) is 6.44. The Labute approximate surface area is 137 Å². The van der Waals surface area contributed by atoms with Crippen LogP contribution in [0.2, 0.25) is 0 Å². The van der Waals surface area contributed by atoms with E-state index in [1.807, 2.05) is 38.1 Å². The van der Waals surface area contributed by atoms with Crippen molar-refractivity contribution in [3.05, 3.63) is 35.4 Å². The summed E-state index contributed by atoms with van der Waals surface area (Å²) in [6.45, 7) is 4.89. The van der Waals surface area contributed by atoms with Gasteiger partial charge in [-0.1, -0.05) is 17.7 Å². The minimum atomic E-state index is -0.203. The van der Waals surface area contributed by atoms with E-state index < -0.39 is 0 Å². The standard InChI is InChI=1S/C18H26N2O3/c1-13-6-8-15(9-7-13)18(23)20-10-4-5-16(11-20)17(22)19(3)14(2)12-21/h6-9,14,16,21H,4-5,10-12H2,1-3H3. The van der Waals surface area contributed by atoms with Gasteiger partial charge in [-0.25, -0.2) is 0 Å². The Morgan fingerprint density at radius 2 is 2.00 bits per heavy atom. The van der Waals surface area contributed by atoms with Crippen LogP contribution in [0.15, 0.2) is 24.3 Å². The number of aryl methyl sites for hydroxylation is 1. The summed E-state index contributed by atoms with van der Waals surface area (Å²) in [5.41, 5.74) is 1.79. The van der Waals surface area contributed by atoms with E-state index in [1.165, 1.54) is 0 Å². The van der Waals surface area contributed by atoms with Gasteiger partial charge >= 0.3 is 0 Å². The van der Waals surface area contributed by atoms with Gasteiger partial charge in [0.2, 0.25) is 5.91 Å². The maximum atomic E-state index is 12.6. The van der Waals surface area contributed by atoms with Gasteiger partial charge in [-0.15, -0.1) is 0 Å². The molecule has 5 heteroatoms. The molecule has 1 fully saturated rings. The highest BCUT2D eigenvalue weighted by molar-refractivity contribution is 5.94. The Kier molecular flexibility index (Phi) is 5.77. The molecule has 0 aliphatic carbocycles. The molecule has 2 amide bonds. The third-order valence-electron chi connectivity index (χ3n) is 4.63. The summed E-state index contributed by atoms with van der Waals surface area (Å²) in [6.07, 6.45) is 1.62. The van der Waals surface area contributed by atoms with Crippen LogP contribution >= 0.6 is 0 Å². The lowest BCUT2D eigenvalue weighted by atomic mass is 9.95. The van der Waals surface area contributed by atoms with Gasteiger partial charge in [-0.3, -0.25) is 9.59 Å². The van der Waals surface area contributed by atoms with E-state index >= 15 is 0 Å². The van der Waals surface area contributed by atoms with Gasteiger partial charge in [0.05, 0.1) is 18.6 Å². The molecule has 2 atom stereocenters. The third kappa shape index (κ3) is 4.10. The summed E-state index contributed by atoms with van der Waals surface area (Å²) >= 11 is 0. The lowest BCUT2D eigenvalue weighted by molar-refractivity contribution is -0.138. The average molecular weight is 318 g/mol. The maximum Gasteiger partial charge on any atom is 0.253 e. The smallest absolute Gasteiger partial charge is 0.253 e. The molecule has 126 valence electrons. The molecule has 1 aromatic carbocycles. The van der Waals surface area contributed by atoms with Gasteiger partial charge in [0.1, 0.15) is 0 Å². The fourth-order valence-electron chi connectivity index (χ4n) is 2.87. The van der Waals surface area contributed by atoms with E-state index in [1.54, 1.807) is 16.8 Å². The molecule has 0 saturated carbocycles. The van der Waals surface area contributed by atoms with Gasteiger partial charge in [0, 0.05) is 25.7 Å². The molecule has 0 aromatic heterocycles. The summed E-state index contributed by atoms with van der Waals surface area (Å²) < 4.78 is 0. The SMILES string of the molecule is Cc1ccc(C(=O)N2CCCC(C(=O)N(C)C(C)CO)C2)cc1. The Morgan fingerprint density at radius 1 is 1.35 bits per heavy atom. The van der Waals surface area contributed by atoms with Gasteiger partial charge in [0.15, 0.2) is 0 Å². The molecular weight excluding hydrogens is 292 g/mol. The third-order valence-corrected chi connectivity index (χ3v) is 4.63. The zero-order valence-corrected chi connectivity index (χ0v) is 14.2. The molecule has 2 unspecified atom stereocenters. The molecule has 1 N–H and O–H groups in total. The van der Waals surface area contributed by atoms with Gasteiger partial charge in [0.25, 0.3) is 5.91 Å². The molecule has 0 radical (unpaired) electrons. The number of carbonyl (C=O) groups excluding carboxylic acids is 2. The summed E-state index contributed by atoms with van der Waals surface area (Å²) in [5.74, 6) is -0.189. The van der Waals surface area contributed by atoms with Crippen molar-refractivity contribution in [3.8, 4) is 0 Å². The van der Waals surface area contributed by atoms with Crippen molar-refractivity contribution in [1.29, 1.82) is 0 Å². The fraction of sp³-hybridized carbons (Fsp3) is 0.556. The first-order chi connectivity index (χ1) is 10.9. The molecule has 1 heterocycles. The minimum absolute atomic E-state index is 0.00737. The molecule has 0 bridgehead atoms. The van der Waals surface area contributed by atoms with Crippen LogP contribution in [-0.2, 0) is 4.79 Å². The molecule has 1 aliphatic rings. The van der Waals surface area contributed by atoms with Crippen LogP contribution in [0.5, 0.6) is 0 Å². The van der Waals surface area contributed by atoms with Crippen molar-refractivity contribution < 1.29 is 14.7 Å². The first-order valence-electron chi connectivity index (χ1n) is 8.17. The van der Waals surface area contributed by atoms with E-state index in [0.29, 0.717) is 18.7 Å². The van der Waals surface area contributed by atoms with Gasteiger partial charge in [-0.2, -0.15) is 0 Å². The predicted molar refractivity (Wildman–Crippen MR) is 89.1 cm³/mol. The van der Waals surface area contributed by atoms with Crippen molar-refractivity contribution in [1.82, 2.24) is 9.80 Å². The predicted octanol–water partition coefficient (Wildman–Crippen LogP) is 1.69.